The van der Waals surface area contributed by atoms with E-state index < -0.39 is 12.2 Å². The van der Waals surface area contributed by atoms with Gasteiger partial charge in [0.1, 0.15) is 5.60 Å². The van der Waals surface area contributed by atoms with Crippen LogP contribution in [0.1, 0.15) is 22.8 Å². The van der Waals surface area contributed by atoms with Crippen molar-refractivity contribution in [2.75, 3.05) is 13.2 Å². The Bertz CT molecular complexity index is 418. The summed E-state index contributed by atoms with van der Waals surface area (Å²) in [5, 5.41) is 21.0. The van der Waals surface area contributed by atoms with Crippen LogP contribution in [0.2, 0.25) is 0 Å². The third-order valence-electron chi connectivity index (χ3n) is 2.34. The molecule has 0 aliphatic rings. The normalized spacial score (nSPS) is 14.2. The van der Waals surface area contributed by atoms with E-state index in [1.54, 1.807) is 6.07 Å². The fraction of sp³-hybridized carbons (Fsp3) is 0.417. The lowest BCUT2D eigenvalue weighted by Gasteiger charge is -2.20. The maximum atomic E-state index is 11.8. The standard InChI is InChI=1S/C12H16BrNO3/c1-8-3-4-9(10(13)5-8)11(16)14-6-12(2,17)7-15/h3-5,15,17H,6-7H2,1-2H3,(H,14,16). The molecule has 1 amide bonds. The number of carbonyl (C=O) groups excluding carboxylic acids is 1. The van der Waals surface area contributed by atoms with Gasteiger partial charge in [-0.05, 0) is 47.5 Å². The molecule has 0 saturated carbocycles. The second-order valence-corrected chi connectivity index (χ2v) is 5.18. The van der Waals surface area contributed by atoms with E-state index in [9.17, 15) is 9.90 Å². The van der Waals surface area contributed by atoms with Gasteiger partial charge in [0.05, 0.1) is 12.2 Å². The van der Waals surface area contributed by atoms with Crippen molar-refractivity contribution >= 4 is 21.8 Å². The maximum absolute atomic E-state index is 11.8. The first-order chi connectivity index (χ1) is 7.85. The van der Waals surface area contributed by atoms with Crippen LogP contribution in [0, 0.1) is 6.92 Å². The van der Waals surface area contributed by atoms with Gasteiger partial charge in [0, 0.05) is 11.0 Å². The number of hydrogen-bond acceptors (Lipinski definition) is 3. The second-order valence-electron chi connectivity index (χ2n) is 4.32. The SMILES string of the molecule is Cc1ccc(C(=O)NCC(C)(O)CO)c(Br)c1. The predicted molar refractivity (Wildman–Crippen MR) is 68.9 cm³/mol. The number of rotatable bonds is 4. The van der Waals surface area contributed by atoms with Gasteiger partial charge in [0.2, 0.25) is 0 Å². The van der Waals surface area contributed by atoms with Gasteiger partial charge < -0.3 is 15.5 Å². The van der Waals surface area contributed by atoms with E-state index in [4.69, 9.17) is 5.11 Å². The number of halogens is 1. The molecular formula is C12H16BrNO3. The Labute approximate surface area is 109 Å². The molecule has 1 aromatic rings. The zero-order valence-corrected chi connectivity index (χ0v) is 11.4. The lowest BCUT2D eigenvalue weighted by Crippen LogP contribution is -2.43. The molecule has 4 nitrogen and oxygen atoms in total. The van der Waals surface area contributed by atoms with Crippen LogP contribution >= 0.6 is 15.9 Å². The second kappa shape index (κ2) is 5.62. The quantitative estimate of drug-likeness (QED) is 0.783. The topological polar surface area (TPSA) is 69.6 Å². The molecule has 0 aliphatic heterocycles. The summed E-state index contributed by atoms with van der Waals surface area (Å²) < 4.78 is 0.707. The Balaban J connectivity index is 2.71. The molecule has 1 unspecified atom stereocenters. The van der Waals surface area contributed by atoms with E-state index in [2.05, 4.69) is 21.2 Å². The summed E-state index contributed by atoms with van der Waals surface area (Å²) in [6.45, 7) is 2.99. The Morgan fingerprint density at radius 2 is 2.18 bits per heavy atom. The fourth-order valence-electron chi connectivity index (χ4n) is 1.23. The smallest absolute Gasteiger partial charge is 0.252 e. The molecule has 0 aliphatic carbocycles. The summed E-state index contributed by atoms with van der Waals surface area (Å²) in [7, 11) is 0. The van der Waals surface area contributed by atoms with E-state index in [-0.39, 0.29) is 12.5 Å². The molecule has 0 saturated heterocycles. The minimum absolute atomic E-state index is 0.00263. The Morgan fingerprint density at radius 3 is 2.71 bits per heavy atom. The number of aliphatic hydroxyl groups is 2. The molecule has 1 atom stereocenters. The van der Waals surface area contributed by atoms with Crippen LogP contribution in [-0.4, -0.2) is 34.9 Å². The zero-order chi connectivity index (χ0) is 13.1. The number of hydrogen-bond donors (Lipinski definition) is 3. The molecule has 94 valence electrons. The molecule has 0 radical (unpaired) electrons. The minimum Gasteiger partial charge on any atom is -0.393 e. The molecule has 0 fully saturated rings. The number of carbonyl (C=O) groups is 1. The molecular weight excluding hydrogens is 286 g/mol. The molecule has 1 rings (SSSR count). The molecule has 17 heavy (non-hydrogen) atoms. The summed E-state index contributed by atoms with van der Waals surface area (Å²) in [5.74, 6) is -0.286. The third kappa shape index (κ3) is 4.11. The molecule has 1 aromatic carbocycles. The minimum atomic E-state index is -1.30. The van der Waals surface area contributed by atoms with Crippen molar-refractivity contribution in [3.05, 3.63) is 33.8 Å². The van der Waals surface area contributed by atoms with E-state index >= 15 is 0 Å². The van der Waals surface area contributed by atoms with Gasteiger partial charge in [-0.1, -0.05) is 6.07 Å². The molecule has 0 bridgehead atoms. The van der Waals surface area contributed by atoms with Crippen LogP contribution in [0.4, 0.5) is 0 Å². The van der Waals surface area contributed by atoms with Gasteiger partial charge in [-0.25, -0.2) is 0 Å². The number of aliphatic hydroxyl groups excluding tert-OH is 1. The van der Waals surface area contributed by atoms with Crippen LogP contribution in [0.3, 0.4) is 0 Å². The molecule has 0 spiro atoms. The highest BCUT2D eigenvalue weighted by molar-refractivity contribution is 9.10. The van der Waals surface area contributed by atoms with Gasteiger partial charge >= 0.3 is 0 Å². The van der Waals surface area contributed by atoms with Crippen LogP contribution < -0.4 is 5.32 Å². The molecule has 3 N–H and O–H groups in total. The van der Waals surface area contributed by atoms with Crippen LogP contribution in [0.15, 0.2) is 22.7 Å². The van der Waals surface area contributed by atoms with Gasteiger partial charge in [-0.2, -0.15) is 0 Å². The first-order valence-corrected chi connectivity index (χ1v) is 6.02. The van der Waals surface area contributed by atoms with Crippen molar-refractivity contribution in [2.45, 2.75) is 19.4 Å². The Kier molecular flexibility index (Phi) is 4.68. The number of amides is 1. The Morgan fingerprint density at radius 1 is 1.53 bits per heavy atom. The van der Waals surface area contributed by atoms with Crippen molar-refractivity contribution in [1.29, 1.82) is 0 Å². The van der Waals surface area contributed by atoms with Gasteiger partial charge in [0.15, 0.2) is 0 Å². The first kappa shape index (κ1) is 14.2. The number of nitrogens with one attached hydrogen (secondary N) is 1. The van der Waals surface area contributed by atoms with Gasteiger partial charge in [-0.3, -0.25) is 4.79 Å². The summed E-state index contributed by atoms with van der Waals surface area (Å²) in [6, 6.07) is 5.39. The third-order valence-corrected chi connectivity index (χ3v) is 3.00. The average Bonchev–Trinajstić information content (AvgIpc) is 2.26. The maximum Gasteiger partial charge on any atom is 0.252 e. The van der Waals surface area contributed by atoms with Crippen molar-refractivity contribution in [2.24, 2.45) is 0 Å². The molecule has 5 heteroatoms. The summed E-state index contributed by atoms with van der Waals surface area (Å²) >= 11 is 3.31. The van der Waals surface area contributed by atoms with Crippen molar-refractivity contribution < 1.29 is 15.0 Å². The highest BCUT2D eigenvalue weighted by atomic mass is 79.9. The summed E-state index contributed by atoms with van der Waals surface area (Å²) in [4.78, 5) is 11.8. The van der Waals surface area contributed by atoms with Crippen LogP contribution in [0.25, 0.3) is 0 Å². The van der Waals surface area contributed by atoms with Crippen LogP contribution in [0.5, 0.6) is 0 Å². The van der Waals surface area contributed by atoms with Crippen LogP contribution in [-0.2, 0) is 0 Å². The fourth-order valence-corrected chi connectivity index (χ4v) is 1.90. The van der Waals surface area contributed by atoms with Gasteiger partial charge in [-0.15, -0.1) is 0 Å². The summed E-state index contributed by atoms with van der Waals surface area (Å²) in [5.41, 5.74) is 0.257. The number of benzene rings is 1. The lowest BCUT2D eigenvalue weighted by molar-refractivity contribution is 0.00319. The largest absolute Gasteiger partial charge is 0.393 e. The van der Waals surface area contributed by atoms with E-state index in [0.717, 1.165) is 5.56 Å². The lowest BCUT2D eigenvalue weighted by atomic mass is 10.1. The summed E-state index contributed by atoms with van der Waals surface area (Å²) in [6.07, 6.45) is 0. The average molecular weight is 302 g/mol. The molecule has 0 aromatic heterocycles. The van der Waals surface area contributed by atoms with Crippen molar-refractivity contribution in [3.8, 4) is 0 Å². The monoisotopic (exact) mass is 301 g/mol. The first-order valence-electron chi connectivity index (χ1n) is 5.23. The highest BCUT2D eigenvalue weighted by Gasteiger charge is 2.20. The molecule has 0 heterocycles. The van der Waals surface area contributed by atoms with Gasteiger partial charge in [0.25, 0.3) is 5.91 Å². The van der Waals surface area contributed by atoms with E-state index in [1.807, 2.05) is 19.1 Å². The van der Waals surface area contributed by atoms with Crippen molar-refractivity contribution in [3.63, 3.8) is 0 Å². The Hall–Kier alpha value is -0.910. The van der Waals surface area contributed by atoms with E-state index in [1.165, 1.54) is 6.92 Å². The predicted octanol–water partition coefficient (Wildman–Crippen LogP) is 1.23. The van der Waals surface area contributed by atoms with E-state index in [0.29, 0.717) is 10.0 Å². The zero-order valence-electron chi connectivity index (χ0n) is 9.83. The number of aryl methyl sites for hydroxylation is 1. The highest BCUT2D eigenvalue weighted by Crippen LogP contribution is 2.18. The van der Waals surface area contributed by atoms with Crippen molar-refractivity contribution in [1.82, 2.24) is 5.32 Å².